The summed E-state index contributed by atoms with van der Waals surface area (Å²) in [5, 5.41) is 11.1. The second-order valence-corrected chi connectivity index (χ2v) is 7.99. The normalized spacial score (nSPS) is 48.2. The third kappa shape index (κ3) is 1.53. The fourth-order valence-electron chi connectivity index (χ4n) is 5.39. The molecule has 98 valence electrons. The third-order valence-corrected chi connectivity index (χ3v) is 6.33. The Morgan fingerprint density at radius 2 is 1.29 bits per heavy atom. The number of hydrogen-bond acceptors (Lipinski definition) is 2. The highest BCUT2D eigenvalue weighted by Gasteiger charge is 2.61. The molecule has 2 heteroatoms. The van der Waals surface area contributed by atoms with Crippen LogP contribution in [0, 0.1) is 23.2 Å². The van der Waals surface area contributed by atoms with Gasteiger partial charge in [-0.05, 0) is 77.0 Å². The lowest BCUT2D eigenvalue weighted by Crippen LogP contribution is -2.68. The van der Waals surface area contributed by atoms with Crippen molar-refractivity contribution in [2.24, 2.45) is 28.9 Å². The maximum absolute atomic E-state index is 11.1. The minimum atomic E-state index is -0.726. The Bertz CT molecular complexity index is 291. The van der Waals surface area contributed by atoms with Crippen LogP contribution in [-0.4, -0.2) is 16.2 Å². The van der Waals surface area contributed by atoms with Gasteiger partial charge in [0.25, 0.3) is 0 Å². The molecule has 2 nitrogen and oxygen atoms in total. The van der Waals surface area contributed by atoms with Crippen molar-refractivity contribution in [1.82, 2.24) is 0 Å². The monoisotopic (exact) mass is 237 g/mol. The number of rotatable bonds is 2. The van der Waals surface area contributed by atoms with E-state index < -0.39 is 11.1 Å². The van der Waals surface area contributed by atoms with Crippen molar-refractivity contribution in [3.8, 4) is 0 Å². The average molecular weight is 237 g/mol. The van der Waals surface area contributed by atoms with Gasteiger partial charge in [0.15, 0.2) is 0 Å². The summed E-state index contributed by atoms with van der Waals surface area (Å²) in [6, 6.07) is 0. The second-order valence-electron chi connectivity index (χ2n) is 7.99. The standard InChI is InChI=1S/C15H27NO/c1-13(2,16)14(3,17)15-7-10-4-11(8-15)6-12(5-10)9-15/h10-12,17H,4-9,16H2,1-3H3. The van der Waals surface area contributed by atoms with Gasteiger partial charge in [0.1, 0.15) is 0 Å². The van der Waals surface area contributed by atoms with Crippen molar-refractivity contribution in [2.45, 2.75) is 70.4 Å². The van der Waals surface area contributed by atoms with Gasteiger partial charge in [0.05, 0.1) is 5.60 Å². The van der Waals surface area contributed by atoms with E-state index in [0.717, 1.165) is 17.8 Å². The van der Waals surface area contributed by atoms with Crippen LogP contribution in [0.4, 0.5) is 0 Å². The van der Waals surface area contributed by atoms with E-state index in [-0.39, 0.29) is 5.41 Å². The Labute approximate surface area is 105 Å². The molecule has 0 radical (unpaired) electrons. The minimum absolute atomic E-state index is 0.111. The summed E-state index contributed by atoms with van der Waals surface area (Å²) >= 11 is 0. The van der Waals surface area contributed by atoms with E-state index in [2.05, 4.69) is 0 Å². The van der Waals surface area contributed by atoms with Gasteiger partial charge >= 0.3 is 0 Å². The molecule has 0 heterocycles. The zero-order chi connectivity index (χ0) is 12.5. The predicted molar refractivity (Wildman–Crippen MR) is 69.5 cm³/mol. The number of nitrogens with two attached hydrogens (primary N) is 1. The van der Waals surface area contributed by atoms with Crippen molar-refractivity contribution in [3.63, 3.8) is 0 Å². The molecule has 0 aromatic carbocycles. The van der Waals surface area contributed by atoms with Crippen LogP contribution in [0.1, 0.15) is 59.3 Å². The van der Waals surface area contributed by atoms with Gasteiger partial charge in [0, 0.05) is 11.0 Å². The summed E-state index contributed by atoms with van der Waals surface area (Å²) in [4.78, 5) is 0. The van der Waals surface area contributed by atoms with Gasteiger partial charge in [-0.2, -0.15) is 0 Å². The van der Waals surface area contributed by atoms with E-state index >= 15 is 0 Å². The Morgan fingerprint density at radius 3 is 1.59 bits per heavy atom. The maximum Gasteiger partial charge on any atom is 0.0849 e. The average Bonchev–Trinajstić information content (AvgIpc) is 2.12. The van der Waals surface area contributed by atoms with Crippen molar-refractivity contribution in [1.29, 1.82) is 0 Å². The van der Waals surface area contributed by atoms with Crippen LogP contribution in [0.5, 0.6) is 0 Å². The van der Waals surface area contributed by atoms with Crippen molar-refractivity contribution in [2.75, 3.05) is 0 Å². The van der Waals surface area contributed by atoms with Gasteiger partial charge in [-0.3, -0.25) is 0 Å². The molecule has 17 heavy (non-hydrogen) atoms. The van der Waals surface area contributed by atoms with E-state index in [1.54, 1.807) is 0 Å². The second kappa shape index (κ2) is 3.27. The van der Waals surface area contributed by atoms with Crippen LogP contribution in [0.15, 0.2) is 0 Å². The van der Waals surface area contributed by atoms with Crippen molar-refractivity contribution < 1.29 is 5.11 Å². The quantitative estimate of drug-likeness (QED) is 0.775. The molecule has 0 saturated heterocycles. The molecule has 4 rings (SSSR count). The Morgan fingerprint density at radius 1 is 0.941 bits per heavy atom. The van der Waals surface area contributed by atoms with Gasteiger partial charge in [-0.1, -0.05) is 0 Å². The predicted octanol–water partition coefficient (Wildman–Crippen LogP) is 2.69. The maximum atomic E-state index is 11.1. The minimum Gasteiger partial charge on any atom is -0.388 e. The highest BCUT2D eigenvalue weighted by atomic mass is 16.3. The molecule has 0 amide bonds. The Kier molecular flexibility index (Phi) is 2.30. The Balaban J connectivity index is 1.97. The van der Waals surface area contributed by atoms with Crippen LogP contribution < -0.4 is 5.73 Å². The molecule has 4 saturated carbocycles. The van der Waals surface area contributed by atoms with Crippen molar-refractivity contribution in [3.05, 3.63) is 0 Å². The number of hydrogen-bond donors (Lipinski definition) is 2. The SMILES string of the molecule is CC(C)(N)C(C)(O)C12CC3CC(CC(C3)C1)C2. The molecule has 3 N–H and O–H groups in total. The van der Waals surface area contributed by atoms with Gasteiger partial charge in [0.2, 0.25) is 0 Å². The van der Waals surface area contributed by atoms with Crippen molar-refractivity contribution >= 4 is 0 Å². The summed E-state index contributed by atoms with van der Waals surface area (Å²) in [5.74, 6) is 2.61. The smallest absolute Gasteiger partial charge is 0.0849 e. The molecule has 0 aromatic rings. The first kappa shape index (κ1) is 12.0. The van der Waals surface area contributed by atoms with Crippen LogP contribution in [0.2, 0.25) is 0 Å². The molecule has 4 bridgehead atoms. The van der Waals surface area contributed by atoms with E-state index in [0.29, 0.717) is 0 Å². The van der Waals surface area contributed by atoms with E-state index in [1.807, 2.05) is 20.8 Å². The van der Waals surface area contributed by atoms with Gasteiger partial charge < -0.3 is 10.8 Å². The summed E-state index contributed by atoms with van der Waals surface area (Å²) < 4.78 is 0. The topological polar surface area (TPSA) is 46.2 Å². The third-order valence-electron chi connectivity index (χ3n) is 6.33. The lowest BCUT2D eigenvalue weighted by molar-refractivity contribution is -0.194. The summed E-state index contributed by atoms with van der Waals surface area (Å²) in [6.07, 6.45) is 7.90. The van der Waals surface area contributed by atoms with Crippen LogP contribution in [-0.2, 0) is 0 Å². The van der Waals surface area contributed by atoms with Gasteiger partial charge in [-0.25, -0.2) is 0 Å². The molecule has 4 aliphatic carbocycles. The summed E-state index contributed by atoms with van der Waals surface area (Å²) in [6.45, 7) is 5.98. The molecule has 0 spiro atoms. The van der Waals surface area contributed by atoms with Crippen LogP contribution in [0.25, 0.3) is 0 Å². The zero-order valence-corrected chi connectivity index (χ0v) is 11.5. The van der Waals surface area contributed by atoms with Gasteiger partial charge in [-0.15, -0.1) is 0 Å². The molecular weight excluding hydrogens is 210 g/mol. The summed E-state index contributed by atoms with van der Waals surface area (Å²) in [7, 11) is 0. The Hall–Kier alpha value is -0.0800. The fraction of sp³-hybridized carbons (Fsp3) is 1.00. The molecule has 1 unspecified atom stereocenters. The first-order valence-electron chi connectivity index (χ1n) is 7.25. The van der Waals surface area contributed by atoms with Crippen LogP contribution >= 0.6 is 0 Å². The molecule has 4 fully saturated rings. The molecular formula is C15H27NO. The van der Waals surface area contributed by atoms with E-state index in [4.69, 9.17) is 5.73 Å². The zero-order valence-electron chi connectivity index (χ0n) is 11.5. The largest absolute Gasteiger partial charge is 0.388 e. The highest BCUT2D eigenvalue weighted by molar-refractivity contribution is 5.14. The highest BCUT2D eigenvalue weighted by Crippen LogP contribution is 2.64. The molecule has 4 aliphatic rings. The molecule has 0 aliphatic heterocycles. The fourth-order valence-corrected chi connectivity index (χ4v) is 5.39. The molecule has 0 aromatic heterocycles. The number of aliphatic hydroxyl groups is 1. The lowest BCUT2D eigenvalue weighted by atomic mass is 9.43. The first-order chi connectivity index (χ1) is 7.73. The molecule has 1 atom stereocenters. The van der Waals surface area contributed by atoms with E-state index in [9.17, 15) is 5.11 Å². The van der Waals surface area contributed by atoms with Crippen LogP contribution in [0.3, 0.4) is 0 Å². The lowest BCUT2D eigenvalue weighted by Gasteiger charge is -2.64. The summed E-state index contributed by atoms with van der Waals surface area (Å²) in [5.41, 5.74) is 5.17. The van der Waals surface area contributed by atoms with E-state index in [1.165, 1.54) is 38.5 Å². The first-order valence-corrected chi connectivity index (χ1v) is 7.25.